The first-order valence-electron chi connectivity index (χ1n) is 16.1. The van der Waals surface area contributed by atoms with E-state index in [-0.39, 0.29) is 37.9 Å². The zero-order valence-corrected chi connectivity index (χ0v) is 28.3. The Kier molecular flexibility index (Phi) is 13.4. The maximum atomic E-state index is 13.5. The quantitative estimate of drug-likeness (QED) is 0.113. The number of unbranched alkanes of at least 4 members (excludes halogenated alkanes) is 4. The van der Waals surface area contributed by atoms with Gasteiger partial charge < -0.3 is 30.0 Å². The predicted octanol–water partition coefficient (Wildman–Crippen LogP) is 5.83. The lowest BCUT2D eigenvalue weighted by Crippen LogP contribution is -2.43. The molecule has 3 unspecified atom stereocenters. The van der Waals surface area contributed by atoms with Crippen LogP contribution in [0.2, 0.25) is 0 Å². The fourth-order valence-corrected chi connectivity index (χ4v) is 6.14. The van der Waals surface area contributed by atoms with Crippen LogP contribution in [0.25, 0.3) is 0 Å². The molecule has 1 aliphatic heterocycles. The second kappa shape index (κ2) is 17.2. The Bertz CT molecular complexity index is 1320. The van der Waals surface area contributed by atoms with Crippen LogP contribution in [0.4, 0.5) is 0 Å². The van der Waals surface area contributed by atoms with E-state index in [4.69, 9.17) is 19.3 Å². The average molecular weight is 733 g/mol. The fourth-order valence-electron chi connectivity index (χ4n) is 5.78. The number of fused-ring (bicyclic) bond motifs is 1. The van der Waals surface area contributed by atoms with Gasteiger partial charge in [-0.25, -0.2) is 4.79 Å². The molecule has 0 radical (unpaired) electrons. The molecule has 0 bridgehead atoms. The number of carbonyl (C=O) groups is 3. The summed E-state index contributed by atoms with van der Waals surface area (Å²) in [6.45, 7) is 4.54. The van der Waals surface area contributed by atoms with E-state index >= 15 is 0 Å². The van der Waals surface area contributed by atoms with Crippen LogP contribution in [0.3, 0.4) is 0 Å². The van der Waals surface area contributed by atoms with E-state index in [1.807, 2.05) is 24.3 Å². The van der Waals surface area contributed by atoms with Crippen LogP contribution >= 0.6 is 22.6 Å². The summed E-state index contributed by atoms with van der Waals surface area (Å²) in [6, 6.07) is 14.1. The number of carbonyl (C=O) groups excluding carboxylic acids is 3. The summed E-state index contributed by atoms with van der Waals surface area (Å²) in [5, 5.41) is 14.6. The predicted molar refractivity (Wildman–Crippen MR) is 180 cm³/mol. The number of esters is 1. The highest BCUT2D eigenvalue weighted by Gasteiger charge is 2.52. The second-order valence-corrected chi connectivity index (χ2v) is 12.9. The van der Waals surface area contributed by atoms with Gasteiger partial charge in [0.25, 0.3) is 5.91 Å². The van der Waals surface area contributed by atoms with Crippen molar-refractivity contribution < 1.29 is 33.7 Å². The van der Waals surface area contributed by atoms with Gasteiger partial charge in [0.1, 0.15) is 18.3 Å². The molecule has 2 aromatic rings. The van der Waals surface area contributed by atoms with Crippen molar-refractivity contribution in [3.8, 4) is 0 Å². The standard InChI is InChI=1S/C35H45IN2O7/c1-3-5-7-16-35(17-8-6-4-2)44-30-22-27(21-29(31(30)45-35)43-34(42)25-12-14-28(36)15-13-25)33(41)38-23-24-10-9-11-26(20-24)32(40)37-18-19-39/h9-15,20,22,29-31,39H,3-8,16-19,21,23H2,1-2H3,(H,37,40)(H,38,41). The van der Waals surface area contributed by atoms with Gasteiger partial charge in [-0.2, -0.15) is 0 Å². The smallest absolute Gasteiger partial charge is 0.338 e. The summed E-state index contributed by atoms with van der Waals surface area (Å²) < 4.78 is 20.4. The van der Waals surface area contributed by atoms with Crippen molar-refractivity contribution in [2.24, 2.45) is 0 Å². The van der Waals surface area contributed by atoms with Gasteiger partial charge in [-0.1, -0.05) is 51.7 Å². The minimum atomic E-state index is -0.785. The summed E-state index contributed by atoms with van der Waals surface area (Å²) in [6.07, 6.45) is 7.96. The van der Waals surface area contributed by atoms with Gasteiger partial charge in [-0.05, 0) is 83.5 Å². The van der Waals surface area contributed by atoms with E-state index in [9.17, 15) is 14.4 Å². The monoisotopic (exact) mass is 732 g/mol. The molecular weight excluding hydrogens is 687 g/mol. The zero-order valence-electron chi connectivity index (χ0n) is 26.2. The van der Waals surface area contributed by atoms with E-state index in [2.05, 4.69) is 47.1 Å². The molecule has 1 fully saturated rings. The van der Waals surface area contributed by atoms with Crippen LogP contribution in [0.1, 0.15) is 97.9 Å². The van der Waals surface area contributed by atoms with Crippen molar-refractivity contribution in [2.45, 2.75) is 102 Å². The summed E-state index contributed by atoms with van der Waals surface area (Å²) in [5.74, 6) is -1.84. The molecule has 2 amide bonds. The normalized spacial score (nSPS) is 20.2. The molecule has 2 aliphatic rings. The lowest BCUT2D eigenvalue weighted by Gasteiger charge is -2.31. The molecule has 2 aromatic carbocycles. The molecule has 1 heterocycles. The largest absolute Gasteiger partial charge is 0.456 e. The van der Waals surface area contributed by atoms with Gasteiger partial charge in [0.05, 0.1) is 12.2 Å². The molecule has 45 heavy (non-hydrogen) atoms. The first-order chi connectivity index (χ1) is 21.8. The van der Waals surface area contributed by atoms with E-state index in [1.54, 1.807) is 30.3 Å². The number of halogens is 1. The lowest BCUT2D eigenvalue weighted by molar-refractivity contribution is -0.190. The SMILES string of the molecule is CCCCCC1(CCCCC)OC2C=C(C(=O)NCc3cccc(C(=O)NCCO)c3)CC(OC(=O)c3ccc(I)cc3)C2O1. The van der Waals surface area contributed by atoms with Crippen molar-refractivity contribution in [3.63, 3.8) is 0 Å². The maximum absolute atomic E-state index is 13.5. The van der Waals surface area contributed by atoms with Crippen LogP contribution in [0, 0.1) is 3.57 Å². The van der Waals surface area contributed by atoms with Crippen LogP contribution in [0.15, 0.2) is 60.2 Å². The third kappa shape index (κ3) is 9.84. The molecule has 0 saturated carbocycles. The number of ether oxygens (including phenoxy) is 3. The average Bonchev–Trinajstić information content (AvgIpc) is 3.42. The summed E-state index contributed by atoms with van der Waals surface area (Å²) >= 11 is 2.19. The van der Waals surface area contributed by atoms with Crippen molar-refractivity contribution >= 4 is 40.4 Å². The Labute approximate surface area is 279 Å². The molecule has 0 aromatic heterocycles. The van der Waals surface area contributed by atoms with Gasteiger partial charge in [-0.15, -0.1) is 0 Å². The fraction of sp³-hybridized carbons (Fsp3) is 0.514. The van der Waals surface area contributed by atoms with Crippen molar-refractivity contribution in [3.05, 3.63) is 80.4 Å². The first kappa shape index (κ1) is 35.1. The van der Waals surface area contributed by atoms with Crippen molar-refractivity contribution in [1.29, 1.82) is 0 Å². The highest BCUT2D eigenvalue weighted by atomic mass is 127. The molecule has 1 saturated heterocycles. The highest BCUT2D eigenvalue weighted by Crippen LogP contribution is 2.43. The van der Waals surface area contributed by atoms with E-state index in [0.29, 0.717) is 16.7 Å². The number of rotatable bonds is 16. The van der Waals surface area contributed by atoms with Crippen LogP contribution in [-0.2, 0) is 25.5 Å². The molecule has 1 aliphatic carbocycles. The summed E-state index contributed by atoms with van der Waals surface area (Å²) in [4.78, 5) is 39.1. The molecule has 244 valence electrons. The first-order valence-corrected chi connectivity index (χ1v) is 17.1. The maximum Gasteiger partial charge on any atom is 0.338 e. The van der Waals surface area contributed by atoms with E-state index < -0.39 is 30.1 Å². The Hall–Kier alpha value is -2.80. The van der Waals surface area contributed by atoms with Crippen molar-refractivity contribution in [2.75, 3.05) is 13.2 Å². The van der Waals surface area contributed by atoms with Gasteiger partial charge >= 0.3 is 5.97 Å². The Morgan fingerprint density at radius 2 is 1.64 bits per heavy atom. The number of benzene rings is 2. The molecule has 3 N–H and O–H groups in total. The Morgan fingerprint density at radius 1 is 0.933 bits per heavy atom. The third-order valence-electron chi connectivity index (χ3n) is 8.17. The van der Waals surface area contributed by atoms with Crippen LogP contribution < -0.4 is 10.6 Å². The minimum Gasteiger partial charge on any atom is -0.456 e. The van der Waals surface area contributed by atoms with Gasteiger partial charge in [0, 0.05) is 47.1 Å². The molecule has 10 heteroatoms. The third-order valence-corrected chi connectivity index (χ3v) is 8.89. The number of amides is 2. The molecule has 4 rings (SSSR count). The Morgan fingerprint density at radius 3 is 2.31 bits per heavy atom. The number of aliphatic hydroxyl groups excluding tert-OH is 1. The van der Waals surface area contributed by atoms with Gasteiger partial charge in [0.15, 0.2) is 5.79 Å². The van der Waals surface area contributed by atoms with Gasteiger partial charge in [0.2, 0.25) is 5.91 Å². The molecule has 9 nitrogen and oxygen atoms in total. The van der Waals surface area contributed by atoms with Crippen LogP contribution in [-0.4, -0.2) is 60.1 Å². The van der Waals surface area contributed by atoms with Crippen molar-refractivity contribution in [1.82, 2.24) is 10.6 Å². The summed E-state index contributed by atoms with van der Waals surface area (Å²) in [5.41, 5.74) is 2.10. The number of hydrogen-bond donors (Lipinski definition) is 3. The lowest BCUT2D eigenvalue weighted by atomic mass is 9.91. The molecule has 0 spiro atoms. The second-order valence-electron chi connectivity index (χ2n) is 11.7. The van der Waals surface area contributed by atoms with Crippen LogP contribution in [0.5, 0.6) is 0 Å². The van der Waals surface area contributed by atoms with E-state index in [1.165, 1.54) is 0 Å². The number of aliphatic hydroxyl groups is 1. The zero-order chi connectivity index (χ0) is 32.2. The number of nitrogens with one attached hydrogen (secondary N) is 2. The van der Waals surface area contributed by atoms with Gasteiger partial charge in [-0.3, -0.25) is 9.59 Å². The topological polar surface area (TPSA) is 123 Å². The van der Waals surface area contributed by atoms with E-state index in [0.717, 1.165) is 60.5 Å². The molecule has 3 atom stereocenters. The summed E-state index contributed by atoms with van der Waals surface area (Å²) in [7, 11) is 0. The number of hydrogen-bond acceptors (Lipinski definition) is 7. The molecular formula is C35H45IN2O7. The minimum absolute atomic E-state index is 0.146. The highest BCUT2D eigenvalue weighted by molar-refractivity contribution is 14.1. The Balaban J connectivity index is 1.53.